The zero-order valence-corrected chi connectivity index (χ0v) is 15.4. The molecule has 0 fully saturated rings. The number of benzene rings is 2. The number of hydrogen-bond donors (Lipinski definition) is 1. The van der Waals surface area contributed by atoms with Crippen molar-refractivity contribution in [3.05, 3.63) is 66.0 Å². The zero-order valence-electron chi connectivity index (χ0n) is 14.6. The van der Waals surface area contributed by atoms with Gasteiger partial charge in [0.15, 0.2) is 6.61 Å². The van der Waals surface area contributed by atoms with Gasteiger partial charge in [-0.15, -0.1) is 10.2 Å². The number of nitrogens with one attached hydrogen (secondary N) is 1. The average molecular weight is 379 g/mol. The van der Waals surface area contributed by atoms with E-state index in [0.29, 0.717) is 12.3 Å². The number of hydrogen-bond acceptors (Lipinski definition) is 6. The second-order valence-electron chi connectivity index (χ2n) is 6.04. The van der Waals surface area contributed by atoms with Gasteiger partial charge < -0.3 is 10.1 Å². The molecule has 0 aliphatic carbocycles. The van der Waals surface area contributed by atoms with Crippen LogP contribution in [-0.4, -0.2) is 32.3 Å². The molecule has 136 valence electrons. The molecule has 0 atom stereocenters. The maximum absolute atomic E-state index is 12.0. The van der Waals surface area contributed by atoms with Crippen molar-refractivity contribution in [3.63, 3.8) is 0 Å². The van der Waals surface area contributed by atoms with Crippen LogP contribution in [0.15, 0.2) is 54.9 Å². The van der Waals surface area contributed by atoms with E-state index in [1.165, 1.54) is 11.3 Å². The molecule has 0 saturated heterocycles. The zero-order chi connectivity index (χ0) is 18.6. The molecule has 0 spiro atoms. The fraction of sp³-hybridized carbons (Fsp3) is 0.158. The molecule has 2 heterocycles. The topological polar surface area (TPSA) is 81.4 Å². The molecule has 0 saturated carbocycles. The van der Waals surface area contributed by atoms with E-state index in [0.717, 1.165) is 26.7 Å². The second-order valence-corrected chi connectivity index (χ2v) is 7.00. The highest BCUT2D eigenvalue weighted by atomic mass is 32.1. The monoisotopic (exact) mass is 379 g/mol. The van der Waals surface area contributed by atoms with E-state index in [1.807, 2.05) is 55.5 Å². The van der Waals surface area contributed by atoms with Crippen LogP contribution in [0.25, 0.3) is 15.5 Å². The van der Waals surface area contributed by atoms with Gasteiger partial charge in [-0.05, 0) is 24.6 Å². The summed E-state index contributed by atoms with van der Waals surface area (Å²) >= 11 is 1.48. The van der Waals surface area contributed by atoms with Gasteiger partial charge in [0.05, 0.1) is 0 Å². The Morgan fingerprint density at radius 1 is 1.15 bits per heavy atom. The molecule has 0 aliphatic rings. The third-order valence-corrected chi connectivity index (χ3v) is 4.93. The van der Waals surface area contributed by atoms with Crippen LogP contribution in [0.3, 0.4) is 0 Å². The first kappa shape index (κ1) is 17.2. The Balaban J connectivity index is 1.29. The summed E-state index contributed by atoms with van der Waals surface area (Å²) in [6.07, 6.45) is 1.58. The minimum Gasteiger partial charge on any atom is -0.484 e. The highest BCUT2D eigenvalue weighted by Crippen LogP contribution is 2.24. The summed E-state index contributed by atoms with van der Waals surface area (Å²) in [5.41, 5.74) is 3.16. The Labute approximate surface area is 159 Å². The molecule has 4 aromatic rings. The van der Waals surface area contributed by atoms with Gasteiger partial charge in [-0.3, -0.25) is 4.79 Å². The van der Waals surface area contributed by atoms with Crippen molar-refractivity contribution < 1.29 is 9.53 Å². The Morgan fingerprint density at radius 3 is 2.67 bits per heavy atom. The van der Waals surface area contributed by atoms with Crippen LogP contribution >= 0.6 is 11.3 Å². The quantitative estimate of drug-likeness (QED) is 0.557. The number of aromatic nitrogens is 4. The molecular formula is C19H17N5O2S. The lowest BCUT2D eigenvalue weighted by atomic mass is 10.1. The van der Waals surface area contributed by atoms with Crippen LogP contribution in [0.4, 0.5) is 0 Å². The summed E-state index contributed by atoms with van der Waals surface area (Å²) in [7, 11) is 0. The Kier molecular flexibility index (Phi) is 4.80. The van der Waals surface area contributed by atoms with Crippen molar-refractivity contribution >= 4 is 22.2 Å². The molecule has 0 unspecified atom stereocenters. The molecule has 8 heteroatoms. The van der Waals surface area contributed by atoms with E-state index in [-0.39, 0.29) is 12.5 Å². The second kappa shape index (κ2) is 7.55. The van der Waals surface area contributed by atoms with Crippen LogP contribution in [0.2, 0.25) is 0 Å². The largest absolute Gasteiger partial charge is 0.484 e. The van der Waals surface area contributed by atoms with Gasteiger partial charge in [-0.1, -0.05) is 53.3 Å². The number of aryl methyl sites for hydroxylation is 1. The Morgan fingerprint density at radius 2 is 1.93 bits per heavy atom. The number of carbonyl (C=O) groups excluding carboxylic acids is 1. The van der Waals surface area contributed by atoms with Gasteiger partial charge in [-0.25, -0.2) is 0 Å². The van der Waals surface area contributed by atoms with E-state index < -0.39 is 0 Å². The number of carbonyl (C=O) groups is 1. The van der Waals surface area contributed by atoms with Crippen molar-refractivity contribution in [3.8, 4) is 16.3 Å². The highest BCUT2D eigenvalue weighted by Gasteiger charge is 2.08. The Bertz CT molecular complexity index is 1030. The first-order chi connectivity index (χ1) is 13.2. The third-order valence-electron chi connectivity index (χ3n) is 3.97. The molecule has 4 rings (SSSR count). The summed E-state index contributed by atoms with van der Waals surface area (Å²) < 4.78 is 7.13. The summed E-state index contributed by atoms with van der Waals surface area (Å²) in [6, 6.07) is 15.5. The fourth-order valence-electron chi connectivity index (χ4n) is 2.48. The van der Waals surface area contributed by atoms with Gasteiger partial charge in [0, 0.05) is 12.1 Å². The van der Waals surface area contributed by atoms with Crippen LogP contribution in [-0.2, 0) is 11.3 Å². The van der Waals surface area contributed by atoms with Crippen molar-refractivity contribution in [2.24, 2.45) is 0 Å². The summed E-state index contributed by atoms with van der Waals surface area (Å²) in [4.78, 5) is 12.7. The molecule has 2 aromatic carbocycles. The summed E-state index contributed by atoms with van der Waals surface area (Å²) in [5, 5.41) is 15.9. The van der Waals surface area contributed by atoms with Crippen LogP contribution < -0.4 is 10.1 Å². The lowest BCUT2D eigenvalue weighted by molar-refractivity contribution is -0.123. The molecule has 27 heavy (non-hydrogen) atoms. The van der Waals surface area contributed by atoms with Crippen LogP contribution in [0.1, 0.15) is 11.1 Å². The third kappa shape index (κ3) is 4.12. The molecule has 0 radical (unpaired) electrons. The number of nitrogens with zero attached hydrogens (tertiary/aromatic N) is 4. The smallest absolute Gasteiger partial charge is 0.258 e. The maximum atomic E-state index is 12.0. The number of rotatable bonds is 6. The van der Waals surface area contributed by atoms with Gasteiger partial charge in [-0.2, -0.15) is 9.61 Å². The summed E-state index contributed by atoms with van der Waals surface area (Å²) in [6.45, 7) is 2.45. The normalized spacial score (nSPS) is 10.9. The van der Waals surface area contributed by atoms with Gasteiger partial charge in [0.1, 0.15) is 17.1 Å². The van der Waals surface area contributed by atoms with Crippen LogP contribution in [0, 0.1) is 6.92 Å². The SMILES string of the molecule is Cc1ccc(OCC(=O)NCc2ccc(-c3nn4cnnc4s3)cc2)cc1. The van der Waals surface area contributed by atoms with Crippen molar-refractivity contribution in [1.29, 1.82) is 0 Å². The Hall–Kier alpha value is -3.26. The summed E-state index contributed by atoms with van der Waals surface area (Å²) in [5.74, 6) is 0.526. The lowest BCUT2D eigenvalue weighted by Crippen LogP contribution is -2.28. The van der Waals surface area contributed by atoms with E-state index in [1.54, 1.807) is 10.8 Å². The van der Waals surface area contributed by atoms with Crippen LogP contribution in [0.5, 0.6) is 5.75 Å². The van der Waals surface area contributed by atoms with Gasteiger partial charge in [0.2, 0.25) is 4.96 Å². The van der Waals surface area contributed by atoms with Gasteiger partial charge in [0.25, 0.3) is 5.91 Å². The fourth-order valence-corrected chi connectivity index (χ4v) is 3.30. The average Bonchev–Trinajstić information content (AvgIpc) is 3.28. The standard InChI is InChI=1S/C19H17N5O2S/c1-13-2-8-16(9-3-13)26-11-17(25)20-10-14-4-6-15(7-5-14)18-23-24-12-21-22-19(24)27-18/h2-9,12H,10-11H2,1H3,(H,20,25). The minimum atomic E-state index is -0.159. The number of ether oxygens (including phenoxy) is 1. The van der Waals surface area contributed by atoms with Crippen molar-refractivity contribution in [2.45, 2.75) is 13.5 Å². The predicted molar refractivity (Wildman–Crippen MR) is 103 cm³/mol. The molecular weight excluding hydrogens is 362 g/mol. The highest BCUT2D eigenvalue weighted by molar-refractivity contribution is 7.19. The molecule has 0 bridgehead atoms. The molecule has 2 aromatic heterocycles. The molecule has 1 N–H and O–H groups in total. The van der Waals surface area contributed by atoms with E-state index >= 15 is 0 Å². The minimum absolute atomic E-state index is 0.00586. The molecule has 1 amide bonds. The lowest BCUT2D eigenvalue weighted by Gasteiger charge is -2.08. The predicted octanol–water partition coefficient (Wildman–Crippen LogP) is 2.86. The van der Waals surface area contributed by atoms with E-state index in [4.69, 9.17) is 4.74 Å². The van der Waals surface area contributed by atoms with E-state index in [9.17, 15) is 4.79 Å². The van der Waals surface area contributed by atoms with Crippen molar-refractivity contribution in [1.82, 2.24) is 25.1 Å². The first-order valence-electron chi connectivity index (χ1n) is 8.40. The van der Waals surface area contributed by atoms with Crippen molar-refractivity contribution in [2.75, 3.05) is 6.61 Å². The number of amides is 1. The number of fused-ring (bicyclic) bond motifs is 1. The van der Waals surface area contributed by atoms with Gasteiger partial charge >= 0.3 is 0 Å². The molecule has 0 aliphatic heterocycles. The maximum Gasteiger partial charge on any atom is 0.258 e. The molecule has 7 nitrogen and oxygen atoms in total. The van der Waals surface area contributed by atoms with E-state index in [2.05, 4.69) is 20.6 Å². The first-order valence-corrected chi connectivity index (χ1v) is 9.21.